The van der Waals surface area contributed by atoms with Crippen LogP contribution in [0.15, 0.2) is 36.7 Å². The van der Waals surface area contributed by atoms with E-state index in [2.05, 4.69) is 5.10 Å². The van der Waals surface area contributed by atoms with E-state index in [1.165, 1.54) is 0 Å². The summed E-state index contributed by atoms with van der Waals surface area (Å²) in [6.07, 6.45) is 3.71. The minimum absolute atomic E-state index is 0.296. The fourth-order valence-corrected chi connectivity index (χ4v) is 1.73. The molecule has 1 amide bonds. The van der Waals surface area contributed by atoms with Gasteiger partial charge >= 0.3 is 0 Å². The van der Waals surface area contributed by atoms with Crippen molar-refractivity contribution in [3.8, 4) is 11.1 Å². The highest BCUT2D eigenvalue weighted by Gasteiger charge is 2.12. The van der Waals surface area contributed by atoms with Crippen LogP contribution in [0.1, 0.15) is 30.2 Å². The van der Waals surface area contributed by atoms with Crippen LogP contribution in [0.5, 0.6) is 0 Å². The number of hydrogen-bond donors (Lipinski definition) is 1. The largest absolute Gasteiger partial charge is 0.363 e. The average Bonchev–Trinajstić information content (AvgIpc) is 2.87. The van der Waals surface area contributed by atoms with Gasteiger partial charge in [0.1, 0.15) is 0 Å². The average molecular weight is 257 g/mol. The first-order valence-electron chi connectivity index (χ1n) is 5.97. The van der Waals surface area contributed by atoms with E-state index in [9.17, 15) is 9.59 Å². The zero-order valence-corrected chi connectivity index (χ0v) is 10.8. The summed E-state index contributed by atoms with van der Waals surface area (Å²) < 4.78 is 1.86. The number of nitrogens with two attached hydrogens (primary N) is 1. The normalized spacial score (nSPS) is 10.7. The number of aromatic nitrogens is 2. The minimum atomic E-state index is -0.944. The van der Waals surface area contributed by atoms with E-state index in [0.29, 0.717) is 11.6 Å². The van der Waals surface area contributed by atoms with Crippen molar-refractivity contribution in [3.63, 3.8) is 0 Å². The molecule has 0 saturated carbocycles. The van der Waals surface area contributed by atoms with Crippen LogP contribution in [-0.4, -0.2) is 21.5 Å². The van der Waals surface area contributed by atoms with E-state index in [0.717, 1.165) is 11.1 Å². The minimum Gasteiger partial charge on any atom is -0.363 e. The molecule has 2 aromatic rings. The third kappa shape index (κ3) is 2.70. The highest BCUT2D eigenvalue weighted by Crippen LogP contribution is 2.20. The fraction of sp³-hybridized carbons (Fsp3) is 0.214. The van der Waals surface area contributed by atoms with Gasteiger partial charge in [0.25, 0.3) is 5.91 Å². The molecule has 2 rings (SSSR count). The predicted molar refractivity (Wildman–Crippen MR) is 71.6 cm³/mol. The number of Topliss-reactive ketones (excluding diaryl/α,β-unsaturated/α-hetero) is 1. The van der Waals surface area contributed by atoms with E-state index in [1.54, 1.807) is 30.5 Å². The molecule has 1 heterocycles. The summed E-state index contributed by atoms with van der Waals surface area (Å²) in [6.45, 7) is 4.09. The number of rotatable bonds is 4. The van der Waals surface area contributed by atoms with Gasteiger partial charge in [0.05, 0.1) is 6.20 Å². The third-order valence-corrected chi connectivity index (χ3v) is 2.83. The molecule has 0 spiro atoms. The number of carbonyl (C=O) groups excluding carboxylic acids is 2. The van der Waals surface area contributed by atoms with Gasteiger partial charge in [0.2, 0.25) is 5.78 Å². The number of ketones is 1. The molecule has 19 heavy (non-hydrogen) atoms. The lowest BCUT2D eigenvalue weighted by Crippen LogP contribution is -2.22. The zero-order chi connectivity index (χ0) is 14.0. The molecule has 0 unspecified atom stereocenters. The molecule has 1 aromatic carbocycles. The van der Waals surface area contributed by atoms with Gasteiger partial charge in [-0.2, -0.15) is 5.10 Å². The van der Waals surface area contributed by atoms with Crippen molar-refractivity contribution in [2.24, 2.45) is 5.73 Å². The third-order valence-electron chi connectivity index (χ3n) is 2.83. The summed E-state index contributed by atoms with van der Waals surface area (Å²) in [4.78, 5) is 22.2. The molecule has 0 fully saturated rings. The molecule has 0 aliphatic carbocycles. The van der Waals surface area contributed by atoms with Crippen molar-refractivity contribution in [3.05, 3.63) is 42.2 Å². The standard InChI is InChI=1S/C14H15N3O2/c1-9(2)17-8-12(7-16-17)10-3-5-11(6-4-10)13(18)14(15)19/h3-9H,1-2H3,(H2,15,19). The van der Waals surface area contributed by atoms with Crippen LogP contribution in [0, 0.1) is 0 Å². The summed E-state index contributed by atoms with van der Waals surface area (Å²) >= 11 is 0. The Bertz CT molecular complexity index is 612. The molecule has 1 aromatic heterocycles. The number of carbonyl (C=O) groups is 2. The van der Waals surface area contributed by atoms with Crippen LogP contribution < -0.4 is 5.73 Å². The Morgan fingerprint density at radius 1 is 1.16 bits per heavy atom. The second kappa shape index (κ2) is 5.06. The Hall–Kier alpha value is -2.43. The van der Waals surface area contributed by atoms with Crippen LogP contribution in [0.25, 0.3) is 11.1 Å². The van der Waals surface area contributed by atoms with E-state index >= 15 is 0 Å². The van der Waals surface area contributed by atoms with Gasteiger partial charge < -0.3 is 5.73 Å². The van der Waals surface area contributed by atoms with Gasteiger partial charge in [0, 0.05) is 23.4 Å². The summed E-state index contributed by atoms with van der Waals surface area (Å²) in [6, 6.07) is 7.03. The Morgan fingerprint density at radius 2 is 1.79 bits per heavy atom. The molecule has 0 atom stereocenters. The van der Waals surface area contributed by atoms with Crippen molar-refractivity contribution >= 4 is 11.7 Å². The summed E-state index contributed by atoms with van der Waals surface area (Å²) in [7, 11) is 0. The number of nitrogens with zero attached hydrogens (tertiary/aromatic N) is 2. The van der Waals surface area contributed by atoms with E-state index in [1.807, 2.05) is 24.7 Å². The molecule has 0 radical (unpaired) electrons. The number of amides is 1. The van der Waals surface area contributed by atoms with Crippen molar-refractivity contribution in [1.29, 1.82) is 0 Å². The lowest BCUT2D eigenvalue weighted by Gasteiger charge is -2.03. The van der Waals surface area contributed by atoms with Crippen molar-refractivity contribution in [2.75, 3.05) is 0 Å². The zero-order valence-electron chi connectivity index (χ0n) is 10.8. The van der Waals surface area contributed by atoms with E-state index in [4.69, 9.17) is 5.73 Å². The number of hydrogen-bond acceptors (Lipinski definition) is 3. The lowest BCUT2D eigenvalue weighted by atomic mass is 10.0. The Balaban J connectivity index is 2.27. The molecular weight excluding hydrogens is 242 g/mol. The van der Waals surface area contributed by atoms with E-state index < -0.39 is 11.7 Å². The summed E-state index contributed by atoms with van der Waals surface area (Å²) in [5, 5.41) is 4.25. The molecule has 0 aliphatic rings. The maximum Gasteiger partial charge on any atom is 0.289 e. The molecule has 5 nitrogen and oxygen atoms in total. The van der Waals surface area contributed by atoms with Gasteiger partial charge in [0.15, 0.2) is 0 Å². The fourth-order valence-electron chi connectivity index (χ4n) is 1.73. The molecule has 2 N–H and O–H groups in total. The molecule has 0 saturated heterocycles. The second-order valence-electron chi connectivity index (χ2n) is 4.57. The van der Waals surface area contributed by atoms with Gasteiger partial charge in [-0.05, 0) is 19.4 Å². The molecule has 5 heteroatoms. The van der Waals surface area contributed by atoms with E-state index in [-0.39, 0.29) is 0 Å². The summed E-state index contributed by atoms with van der Waals surface area (Å²) in [5.74, 6) is -1.62. The Morgan fingerprint density at radius 3 is 2.26 bits per heavy atom. The highest BCUT2D eigenvalue weighted by molar-refractivity contribution is 6.42. The molecular formula is C14H15N3O2. The molecule has 0 aliphatic heterocycles. The summed E-state index contributed by atoms with van der Waals surface area (Å²) in [5.41, 5.74) is 7.15. The van der Waals surface area contributed by atoms with Gasteiger partial charge in [-0.3, -0.25) is 14.3 Å². The Labute approximate surface area is 111 Å². The monoisotopic (exact) mass is 257 g/mol. The van der Waals surface area contributed by atoms with Gasteiger partial charge in [-0.1, -0.05) is 24.3 Å². The maximum absolute atomic E-state index is 11.4. The number of primary amides is 1. The predicted octanol–water partition coefficient (Wildman–Crippen LogP) is 1.80. The van der Waals surface area contributed by atoms with Crippen LogP contribution in [0.2, 0.25) is 0 Å². The highest BCUT2D eigenvalue weighted by atomic mass is 16.2. The van der Waals surface area contributed by atoms with Crippen molar-refractivity contribution in [2.45, 2.75) is 19.9 Å². The first kappa shape index (κ1) is 13.0. The van der Waals surface area contributed by atoms with Gasteiger partial charge in [-0.15, -0.1) is 0 Å². The van der Waals surface area contributed by atoms with Gasteiger partial charge in [-0.25, -0.2) is 0 Å². The first-order valence-corrected chi connectivity index (χ1v) is 5.97. The van der Waals surface area contributed by atoms with Crippen LogP contribution in [0.3, 0.4) is 0 Å². The second-order valence-corrected chi connectivity index (χ2v) is 4.57. The van der Waals surface area contributed by atoms with Crippen molar-refractivity contribution in [1.82, 2.24) is 9.78 Å². The van der Waals surface area contributed by atoms with Crippen molar-refractivity contribution < 1.29 is 9.59 Å². The Kier molecular flexibility index (Phi) is 3.46. The SMILES string of the molecule is CC(C)n1cc(-c2ccc(C(=O)C(N)=O)cc2)cn1. The van der Waals surface area contributed by atoms with Crippen LogP contribution >= 0.6 is 0 Å². The topological polar surface area (TPSA) is 78.0 Å². The quantitative estimate of drug-likeness (QED) is 0.670. The molecule has 98 valence electrons. The first-order chi connectivity index (χ1) is 8.99. The lowest BCUT2D eigenvalue weighted by molar-refractivity contribution is -0.114. The molecule has 0 bridgehead atoms. The smallest absolute Gasteiger partial charge is 0.289 e. The maximum atomic E-state index is 11.4. The number of benzene rings is 1. The van der Waals surface area contributed by atoms with Crippen LogP contribution in [0.4, 0.5) is 0 Å². The van der Waals surface area contributed by atoms with Crippen LogP contribution in [-0.2, 0) is 4.79 Å².